The van der Waals surface area contributed by atoms with Gasteiger partial charge in [-0.05, 0) is 30.3 Å². The van der Waals surface area contributed by atoms with Gasteiger partial charge in [0.15, 0.2) is 0 Å². The van der Waals surface area contributed by atoms with Gasteiger partial charge in [0.05, 0.1) is 27.5 Å². The van der Waals surface area contributed by atoms with Crippen LogP contribution in [-0.2, 0) is 0 Å². The summed E-state index contributed by atoms with van der Waals surface area (Å²) in [6.07, 6.45) is 0. The van der Waals surface area contributed by atoms with Crippen LogP contribution in [0.15, 0.2) is 77.6 Å². The molecule has 0 unspecified atom stereocenters. The zero-order chi connectivity index (χ0) is 17.4. The first-order valence-corrected chi connectivity index (χ1v) is 8.16. The van der Waals surface area contributed by atoms with Crippen LogP contribution < -0.4 is 11.3 Å². The summed E-state index contributed by atoms with van der Waals surface area (Å²) in [6, 6.07) is 22.1. The molecule has 0 spiro atoms. The van der Waals surface area contributed by atoms with Crippen molar-refractivity contribution in [2.24, 2.45) is 0 Å². The maximum absolute atomic E-state index is 12.9. The summed E-state index contributed by atoms with van der Waals surface area (Å²) in [6.45, 7) is 0. The van der Waals surface area contributed by atoms with Crippen LogP contribution in [0.4, 0.5) is 5.69 Å². The Labute approximate surface area is 149 Å². The highest BCUT2D eigenvalue weighted by atomic mass is 35.5. The van der Waals surface area contributed by atoms with Gasteiger partial charge in [-0.25, -0.2) is 0 Å². The third-order valence-electron chi connectivity index (χ3n) is 4.08. The first-order chi connectivity index (χ1) is 12.1. The highest BCUT2D eigenvalue weighted by Gasteiger charge is 2.13. The molecule has 2 N–H and O–H groups in total. The van der Waals surface area contributed by atoms with Gasteiger partial charge in [0.2, 0.25) is 0 Å². The van der Waals surface area contributed by atoms with E-state index in [0.29, 0.717) is 27.5 Å². The molecular formula is C20H14ClN3O. The highest BCUT2D eigenvalue weighted by Crippen LogP contribution is 2.29. The van der Waals surface area contributed by atoms with E-state index < -0.39 is 0 Å². The number of anilines is 1. The summed E-state index contributed by atoms with van der Waals surface area (Å²) in [5.74, 6) is 0. The Morgan fingerprint density at radius 1 is 0.880 bits per heavy atom. The monoisotopic (exact) mass is 347 g/mol. The summed E-state index contributed by atoms with van der Waals surface area (Å²) in [7, 11) is 0. The molecule has 1 heterocycles. The van der Waals surface area contributed by atoms with E-state index in [-0.39, 0.29) is 5.56 Å². The van der Waals surface area contributed by atoms with Gasteiger partial charge in [-0.2, -0.15) is 9.78 Å². The first kappa shape index (κ1) is 15.4. The number of hydrogen-bond donors (Lipinski definition) is 1. The molecule has 4 aromatic rings. The second kappa shape index (κ2) is 6.07. The largest absolute Gasteiger partial charge is 0.398 e. The van der Waals surface area contributed by atoms with Crippen molar-refractivity contribution < 1.29 is 0 Å². The van der Waals surface area contributed by atoms with Crippen LogP contribution in [-0.4, -0.2) is 9.78 Å². The number of nitrogens with zero attached hydrogens (tertiary/aromatic N) is 2. The van der Waals surface area contributed by atoms with E-state index in [1.807, 2.05) is 60.7 Å². The lowest BCUT2D eigenvalue weighted by Gasteiger charge is -2.12. The lowest BCUT2D eigenvalue weighted by molar-refractivity contribution is 0.826. The number of fused-ring (bicyclic) bond motifs is 1. The maximum atomic E-state index is 12.9. The molecular weight excluding hydrogens is 334 g/mol. The van der Waals surface area contributed by atoms with Crippen LogP contribution in [0.3, 0.4) is 0 Å². The molecule has 5 heteroatoms. The quantitative estimate of drug-likeness (QED) is 0.550. The number of halogens is 1. The van der Waals surface area contributed by atoms with Crippen molar-refractivity contribution in [3.63, 3.8) is 0 Å². The van der Waals surface area contributed by atoms with E-state index in [0.717, 1.165) is 10.9 Å². The Morgan fingerprint density at radius 3 is 2.28 bits per heavy atom. The predicted molar refractivity (Wildman–Crippen MR) is 102 cm³/mol. The Balaban J connectivity index is 2.08. The molecule has 0 aliphatic heterocycles. The van der Waals surface area contributed by atoms with Crippen molar-refractivity contribution in [1.82, 2.24) is 9.78 Å². The molecule has 4 rings (SSSR count). The van der Waals surface area contributed by atoms with Gasteiger partial charge in [0, 0.05) is 10.9 Å². The molecule has 122 valence electrons. The number of para-hydroxylation sites is 1. The maximum Gasteiger partial charge on any atom is 0.279 e. The summed E-state index contributed by atoms with van der Waals surface area (Å²) < 4.78 is 1.42. The first-order valence-electron chi connectivity index (χ1n) is 7.78. The minimum absolute atomic E-state index is 0.160. The normalized spacial score (nSPS) is 10.9. The van der Waals surface area contributed by atoms with E-state index in [2.05, 4.69) is 5.10 Å². The zero-order valence-corrected chi connectivity index (χ0v) is 13.9. The summed E-state index contributed by atoms with van der Waals surface area (Å²) >= 11 is 6.04. The molecule has 0 atom stereocenters. The molecule has 0 saturated carbocycles. The molecule has 3 aromatic carbocycles. The summed E-state index contributed by atoms with van der Waals surface area (Å²) in [5.41, 5.74) is 8.47. The SMILES string of the molecule is Nc1cc(-c2nn(-c3ccccc3)c(=O)c3ccccc23)ccc1Cl. The molecule has 0 aliphatic carbocycles. The van der Waals surface area contributed by atoms with Crippen LogP contribution in [0, 0.1) is 0 Å². The standard InChI is InChI=1S/C20H14ClN3O/c21-17-11-10-13(12-18(17)22)19-15-8-4-5-9-16(15)20(25)24(23-19)14-6-2-1-3-7-14/h1-12H,22H2. The Kier molecular flexibility index (Phi) is 3.75. The van der Waals surface area contributed by atoms with Gasteiger partial charge >= 0.3 is 0 Å². The number of benzene rings is 3. The van der Waals surface area contributed by atoms with Gasteiger partial charge in [0.25, 0.3) is 5.56 Å². The van der Waals surface area contributed by atoms with Crippen LogP contribution in [0.1, 0.15) is 0 Å². The summed E-state index contributed by atoms with van der Waals surface area (Å²) in [4.78, 5) is 12.9. The Hall–Kier alpha value is -3.11. The molecule has 0 radical (unpaired) electrons. The van der Waals surface area contributed by atoms with Gasteiger partial charge in [-0.15, -0.1) is 0 Å². The fraction of sp³-hybridized carbons (Fsp3) is 0. The highest BCUT2D eigenvalue weighted by molar-refractivity contribution is 6.33. The second-order valence-electron chi connectivity index (χ2n) is 5.68. The molecule has 0 aliphatic rings. The third kappa shape index (κ3) is 2.66. The lowest BCUT2D eigenvalue weighted by atomic mass is 10.0. The average Bonchev–Trinajstić information content (AvgIpc) is 2.65. The molecule has 25 heavy (non-hydrogen) atoms. The van der Waals surface area contributed by atoms with E-state index in [1.54, 1.807) is 12.1 Å². The van der Waals surface area contributed by atoms with Crippen LogP contribution in [0.25, 0.3) is 27.7 Å². The second-order valence-corrected chi connectivity index (χ2v) is 6.09. The predicted octanol–water partition coefficient (Wildman–Crippen LogP) is 4.29. The van der Waals surface area contributed by atoms with Gasteiger partial charge in [0.1, 0.15) is 0 Å². The average molecular weight is 348 g/mol. The van der Waals surface area contributed by atoms with Gasteiger partial charge in [-0.1, -0.05) is 54.1 Å². The zero-order valence-electron chi connectivity index (χ0n) is 13.2. The fourth-order valence-electron chi connectivity index (χ4n) is 2.84. The van der Waals surface area contributed by atoms with Gasteiger partial charge < -0.3 is 5.73 Å². The van der Waals surface area contributed by atoms with E-state index in [9.17, 15) is 4.79 Å². The van der Waals surface area contributed by atoms with Crippen LogP contribution in [0.5, 0.6) is 0 Å². The van der Waals surface area contributed by atoms with Crippen molar-refractivity contribution >= 4 is 28.1 Å². The minimum atomic E-state index is -0.160. The lowest BCUT2D eigenvalue weighted by Crippen LogP contribution is -2.22. The smallest absolute Gasteiger partial charge is 0.279 e. The minimum Gasteiger partial charge on any atom is -0.398 e. The summed E-state index contributed by atoms with van der Waals surface area (Å²) in [5, 5.41) is 6.49. The third-order valence-corrected chi connectivity index (χ3v) is 4.42. The number of rotatable bonds is 2. The van der Waals surface area contributed by atoms with Crippen LogP contribution >= 0.6 is 11.6 Å². The van der Waals surface area contributed by atoms with Crippen LogP contribution in [0.2, 0.25) is 5.02 Å². The number of nitrogen functional groups attached to an aromatic ring is 1. The van der Waals surface area contributed by atoms with Crippen molar-refractivity contribution in [3.8, 4) is 16.9 Å². The van der Waals surface area contributed by atoms with E-state index >= 15 is 0 Å². The number of hydrogen-bond acceptors (Lipinski definition) is 3. The van der Waals surface area contributed by atoms with Crippen molar-refractivity contribution in [3.05, 3.63) is 88.2 Å². The fourth-order valence-corrected chi connectivity index (χ4v) is 2.96. The molecule has 4 nitrogen and oxygen atoms in total. The van der Waals surface area contributed by atoms with Gasteiger partial charge in [-0.3, -0.25) is 4.79 Å². The molecule has 0 amide bonds. The van der Waals surface area contributed by atoms with Crippen molar-refractivity contribution in [2.75, 3.05) is 5.73 Å². The molecule has 0 bridgehead atoms. The molecule has 0 saturated heterocycles. The number of aromatic nitrogens is 2. The van der Waals surface area contributed by atoms with E-state index in [1.165, 1.54) is 4.68 Å². The topological polar surface area (TPSA) is 60.9 Å². The molecule has 1 aromatic heterocycles. The number of nitrogens with two attached hydrogens (primary N) is 1. The van der Waals surface area contributed by atoms with Crippen molar-refractivity contribution in [1.29, 1.82) is 0 Å². The Bertz CT molecular complexity index is 1140. The van der Waals surface area contributed by atoms with E-state index in [4.69, 9.17) is 17.3 Å². The Morgan fingerprint density at radius 2 is 1.56 bits per heavy atom. The molecule has 0 fully saturated rings. The van der Waals surface area contributed by atoms with Crippen molar-refractivity contribution in [2.45, 2.75) is 0 Å².